The number of nitrogens with two attached hydrogens (primary N) is 3. The molecule has 0 saturated heterocycles. The number of H-pyrrole nitrogens is 1. The number of unbranched alkanes of at least 4 members (excludes halogenated alkanes) is 1. The first-order valence-electron chi connectivity index (χ1n) is 26.2. The van der Waals surface area contributed by atoms with Crippen molar-refractivity contribution < 1.29 is 82.3 Å². The van der Waals surface area contributed by atoms with Crippen molar-refractivity contribution in [3.05, 3.63) is 135 Å². The summed E-state index contributed by atoms with van der Waals surface area (Å²) in [4.78, 5) is 118. The van der Waals surface area contributed by atoms with Crippen LogP contribution in [0.15, 0.2) is 54.9 Å². The van der Waals surface area contributed by atoms with Crippen LogP contribution in [0.2, 0.25) is 0 Å². The van der Waals surface area contributed by atoms with Gasteiger partial charge in [0.15, 0.2) is 46.5 Å². The molecule has 2 heterocycles. The lowest BCUT2D eigenvalue weighted by Gasteiger charge is -2.29. The van der Waals surface area contributed by atoms with E-state index in [4.69, 9.17) is 17.2 Å². The largest absolute Gasteiger partial charge is 0.368 e. The maximum Gasteiger partial charge on any atom is 0.244 e. The minimum absolute atomic E-state index is 0.130. The Morgan fingerprint density at radius 3 is 1.45 bits per heavy atom. The van der Waals surface area contributed by atoms with Gasteiger partial charge >= 0.3 is 0 Å². The summed E-state index contributed by atoms with van der Waals surface area (Å²) in [5, 5.41) is 17.3. The zero-order valence-electron chi connectivity index (χ0n) is 45.6. The van der Waals surface area contributed by atoms with E-state index in [2.05, 4.69) is 67.1 Å². The highest BCUT2D eigenvalue weighted by Gasteiger charge is 2.37. The number of pyridine rings is 1. The number of hydrogen-bond acceptors (Lipinski definition) is 13. The lowest BCUT2D eigenvalue weighted by Crippen LogP contribution is -2.61. The van der Waals surface area contributed by atoms with Gasteiger partial charge in [0, 0.05) is 77.3 Å². The Morgan fingerprint density at radius 2 is 0.953 bits per heavy atom. The topological polar surface area (TPSA) is 328 Å². The number of primary amides is 1. The number of hydrogen-bond donors (Lipinski definition) is 13. The first kappa shape index (κ1) is 68.8. The molecule has 32 heteroatoms. The summed E-state index contributed by atoms with van der Waals surface area (Å²) < 4.78 is 141. The standard InChI is InChI=1S/C54H60F10N12O8S2/c1-22(2)46(54(84)75-35(21-86)52(82)71-31(47(67)77)18-27-38(57)42(61)45(64)43(62)39(27)58)76-49(79)30(12-5-7-13-65)70-50(80)32(15-23-19-69-29-11-4-3-10-25(23)29)72-51(81)33(16-24-9-6-8-14-68-24)73-53(83)34(20-85)74-48(78)28(66)17-26-36(55)40(59)44(63)41(60)37(26)56/h3-4,6,8-11,14,19,22,28,30-35,46,69,85-86H,5,7,12-13,15-18,20-21,65-66H2,1-2H3,(H2,67,77)(H,70,80)(H,71,82)(H,72,81)(H,73,83)(H,74,78)(H,75,84)(H,76,79)/t28-,30-,31-,32+,33-,34+,35-,46-/m0/s1. The van der Waals surface area contributed by atoms with Gasteiger partial charge in [-0.3, -0.25) is 43.3 Å². The Morgan fingerprint density at radius 1 is 0.512 bits per heavy atom. The number of carbonyl (C=O) groups excluding carboxylic acids is 8. The van der Waals surface area contributed by atoms with Crippen LogP contribution in [0.3, 0.4) is 0 Å². The molecule has 14 N–H and O–H groups in total. The summed E-state index contributed by atoms with van der Waals surface area (Å²) in [6.07, 6.45) is 0.0993. The van der Waals surface area contributed by atoms with E-state index in [1.165, 1.54) is 26.1 Å². The van der Waals surface area contributed by atoms with E-state index in [-0.39, 0.29) is 37.9 Å². The van der Waals surface area contributed by atoms with Crippen molar-refractivity contribution in [2.24, 2.45) is 23.1 Å². The fourth-order valence-electron chi connectivity index (χ4n) is 8.63. The van der Waals surface area contributed by atoms with Crippen LogP contribution >= 0.6 is 25.3 Å². The highest BCUT2D eigenvalue weighted by atomic mass is 32.1. The van der Waals surface area contributed by atoms with E-state index >= 15 is 0 Å². The Hall–Kier alpha value is -7.97. The minimum Gasteiger partial charge on any atom is -0.368 e. The molecule has 0 aliphatic rings. The quantitative estimate of drug-likeness (QED) is 0.0104. The van der Waals surface area contributed by atoms with Crippen LogP contribution < -0.4 is 54.4 Å². The lowest BCUT2D eigenvalue weighted by atomic mass is 10.00. The highest BCUT2D eigenvalue weighted by Crippen LogP contribution is 2.26. The molecule has 8 atom stereocenters. The third-order valence-corrected chi connectivity index (χ3v) is 14.1. The Balaban J connectivity index is 1.39. The van der Waals surface area contributed by atoms with Crippen molar-refractivity contribution in [2.45, 2.75) is 107 Å². The second-order valence-electron chi connectivity index (χ2n) is 19.8. The molecule has 466 valence electrons. The maximum absolute atomic E-state index is 14.7. The van der Waals surface area contributed by atoms with Crippen LogP contribution in [-0.4, -0.2) is 124 Å². The Bertz CT molecular complexity index is 3260. The molecule has 0 aliphatic heterocycles. The highest BCUT2D eigenvalue weighted by molar-refractivity contribution is 7.80. The zero-order chi connectivity index (χ0) is 63.9. The first-order valence-corrected chi connectivity index (χ1v) is 27.5. The molecule has 0 spiro atoms. The lowest BCUT2D eigenvalue weighted by molar-refractivity contribution is -0.136. The summed E-state index contributed by atoms with van der Waals surface area (Å²) >= 11 is 8.17. The van der Waals surface area contributed by atoms with E-state index in [1.807, 2.05) is 5.32 Å². The van der Waals surface area contributed by atoms with Gasteiger partial charge in [-0.15, -0.1) is 0 Å². The molecule has 3 aromatic carbocycles. The predicted octanol–water partition coefficient (Wildman–Crippen LogP) is 2.08. The second kappa shape index (κ2) is 31.4. The number of nitrogens with one attached hydrogen (secondary N) is 8. The number of carbonyl (C=O) groups is 8. The molecule has 86 heavy (non-hydrogen) atoms. The summed E-state index contributed by atoms with van der Waals surface area (Å²) in [5.74, 6) is -34.3. The van der Waals surface area contributed by atoms with Crippen LogP contribution in [0.25, 0.3) is 10.9 Å². The van der Waals surface area contributed by atoms with Crippen molar-refractivity contribution in [3.8, 4) is 0 Å². The fraction of sp³-hybridized carbons (Fsp3) is 0.389. The van der Waals surface area contributed by atoms with Gasteiger partial charge in [0.05, 0.1) is 6.04 Å². The Labute approximate surface area is 494 Å². The molecule has 0 saturated carbocycles. The molecule has 5 rings (SSSR count). The van der Waals surface area contributed by atoms with Crippen LogP contribution in [-0.2, 0) is 64.0 Å². The molecule has 8 amide bonds. The van der Waals surface area contributed by atoms with Crippen molar-refractivity contribution in [1.82, 2.24) is 47.2 Å². The fourth-order valence-corrected chi connectivity index (χ4v) is 9.15. The number of aromatic nitrogens is 2. The normalized spacial score (nSPS) is 14.2. The summed E-state index contributed by atoms with van der Waals surface area (Å²) in [7, 11) is 0. The Kier molecular flexibility index (Phi) is 25.1. The van der Waals surface area contributed by atoms with Gasteiger partial charge in [-0.05, 0) is 55.5 Å². The van der Waals surface area contributed by atoms with Crippen LogP contribution in [0.1, 0.15) is 55.5 Å². The van der Waals surface area contributed by atoms with Crippen molar-refractivity contribution >= 4 is 83.4 Å². The SMILES string of the molecule is CC(C)[C@H](NC(=O)[C@H](CCCCN)NC(=O)[C@@H](Cc1c[nH]c2ccccc12)NC(=O)[C@H](Cc1ccccn1)NC(=O)[C@@H](CS)NC(=O)[C@@H](N)Cc1c(F)c(F)c(F)c(F)c1F)C(=O)N[C@@H](CS)C(=O)N[C@@H](Cc1c(F)c(F)c(F)c(F)c1F)C(N)=O. The van der Waals surface area contributed by atoms with Crippen molar-refractivity contribution in [3.63, 3.8) is 0 Å². The summed E-state index contributed by atoms with van der Waals surface area (Å²) in [5.41, 5.74) is 15.3. The van der Waals surface area contributed by atoms with E-state index in [0.29, 0.717) is 22.9 Å². The number of amides is 8. The summed E-state index contributed by atoms with van der Waals surface area (Å²) in [6, 6.07) is -2.33. The van der Waals surface area contributed by atoms with Crippen LogP contribution in [0, 0.1) is 64.1 Å². The molecular formula is C54H60F10N12O8S2. The molecule has 2 aromatic heterocycles. The molecule has 0 radical (unpaired) electrons. The molecule has 0 unspecified atom stereocenters. The molecule has 0 fully saturated rings. The molecule has 0 aliphatic carbocycles. The van der Waals surface area contributed by atoms with Gasteiger partial charge in [0.2, 0.25) is 58.9 Å². The number of aromatic amines is 1. The van der Waals surface area contributed by atoms with Gasteiger partial charge in [-0.2, -0.15) is 25.3 Å². The van der Waals surface area contributed by atoms with Crippen LogP contribution in [0.4, 0.5) is 43.9 Å². The van der Waals surface area contributed by atoms with E-state index in [9.17, 15) is 82.3 Å². The number of halogens is 10. The minimum atomic E-state index is -2.48. The molecule has 20 nitrogen and oxygen atoms in total. The number of para-hydroxylation sites is 1. The van der Waals surface area contributed by atoms with Gasteiger partial charge in [0.25, 0.3) is 0 Å². The third-order valence-electron chi connectivity index (χ3n) is 13.4. The number of benzene rings is 3. The van der Waals surface area contributed by atoms with Gasteiger partial charge in [-0.1, -0.05) is 38.1 Å². The van der Waals surface area contributed by atoms with E-state index in [1.54, 1.807) is 42.6 Å². The monoisotopic (exact) mass is 1260 g/mol. The smallest absolute Gasteiger partial charge is 0.244 e. The number of fused-ring (bicyclic) bond motifs is 1. The van der Waals surface area contributed by atoms with Gasteiger partial charge in [0.1, 0.15) is 42.3 Å². The average Bonchev–Trinajstić information content (AvgIpc) is 3.94. The second-order valence-corrected chi connectivity index (χ2v) is 20.6. The van der Waals surface area contributed by atoms with E-state index < -0.39 is 195 Å². The number of rotatable bonds is 30. The van der Waals surface area contributed by atoms with Crippen molar-refractivity contribution in [1.29, 1.82) is 0 Å². The number of nitrogens with zero attached hydrogens (tertiary/aromatic N) is 1. The van der Waals surface area contributed by atoms with Gasteiger partial charge < -0.3 is 59.4 Å². The first-order chi connectivity index (χ1) is 40.6. The zero-order valence-corrected chi connectivity index (χ0v) is 47.4. The third kappa shape index (κ3) is 17.4. The molecular weight excluding hydrogens is 1200 g/mol. The van der Waals surface area contributed by atoms with Gasteiger partial charge in [-0.25, -0.2) is 43.9 Å². The predicted molar refractivity (Wildman–Crippen MR) is 296 cm³/mol. The molecule has 0 bridgehead atoms. The van der Waals surface area contributed by atoms with Crippen LogP contribution in [0.5, 0.6) is 0 Å². The van der Waals surface area contributed by atoms with E-state index in [0.717, 1.165) is 0 Å². The maximum atomic E-state index is 14.7. The summed E-state index contributed by atoms with van der Waals surface area (Å²) in [6.45, 7) is 3.10. The molecule has 5 aromatic rings. The van der Waals surface area contributed by atoms with Crippen molar-refractivity contribution in [2.75, 3.05) is 18.1 Å². The average molecular weight is 1260 g/mol. The number of thiol groups is 2.